The fraction of sp³-hybridized carbons (Fsp3) is 0.214. The topological polar surface area (TPSA) is 133 Å². The van der Waals surface area contributed by atoms with E-state index < -0.39 is 36.2 Å². The van der Waals surface area contributed by atoms with Crippen molar-refractivity contribution in [1.29, 1.82) is 0 Å². The lowest BCUT2D eigenvalue weighted by molar-refractivity contribution is -0.151. The number of nitrogens with zero attached hydrogens (tertiary/aromatic N) is 1. The number of hydrogen-bond acceptors (Lipinski definition) is 8. The summed E-state index contributed by atoms with van der Waals surface area (Å²) >= 11 is 0. The van der Waals surface area contributed by atoms with Gasteiger partial charge in [0, 0.05) is 12.1 Å². The van der Waals surface area contributed by atoms with Crippen molar-refractivity contribution in [2.75, 3.05) is 32.7 Å². The second kappa shape index (κ2) is 12.5. The average Bonchev–Trinajstić information content (AvgIpc) is 3.32. The average molecular weight is 534 g/mol. The van der Waals surface area contributed by atoms with Gasteiger partial charge in [0.05, 0.1) is 26.7 Å². The maximum Gasteiger partial charge on any atom is 0.311 e. The smallest absolute Gasteiger partial charge is 0.311 e. The highest BCUT2D eigenvalue weighted by atomic mass is 16.5. The zero-order chi connectivity index (χ0) is 27.8. The number of ether oxygens (including phenoxy) is 4. The molecular formula is C28H27N3O8. The van der Waals surface area contributed by atoms with Gasteiger partial charge in [-0.05, 0) is 48.5 Å². The summed E-state index contributed by atoms with van der Waals surface area (Å²) in [5.74, 6) is -1.42. The van der Waals surface area contributed by atoms with E-state index in [2.05, 4.69) is 10.7 Å². The van der Waals surface area contributed by atoms with E-state index in [0.717, 1.165) is 5.01 Å². The van der Waals surface area contributed by atoms with Crippen LogP contribution in [0.2, 0.25) is 0 Å². The normalized spacial score (nSPS) is 14.4. The molecule has 0 aromatic heterocycles. The molecule has 11 nitrogen and oxygen atoms in total. The molecule has 0 spiro atoms. The third kappa shape index (κ3) is 6.83. The third-order valence-corrected chi connectivity index (χ3v) is 5.81. The van der Waals surface area contributed by atoms with Crippen molar-refractivity contribution in [1.82, 2.24) is 10.4 Å². The lowest BCUT2D eigenvalue weighted by Crippen LogP contribution is -2.43. The first kappa shape index (κ1) is 27.0. The minimum absolute atomic E-state index is 0.106. The Morgan fingerprint density at radius 2 is 1.51 bits per heavy atom. The molecule has 3 amide bonds. The molecule has 3 aromatic rings. The molecule has 1 heterocycles. The van der Waals surface area contributed by atoms with Gasteiger partial charge in [-0.15, -0.1) is 0 Å². The maximum atomic E-state index is 12.8. The molecule has 1 aliphatic heterocycles. The van der Waals surface area contributed by atoms with Crippen LogP contribution in [0.25, 0.3) is 0 Å². The molecule has 1 fully saturated rings. The van der Waals surface area contributed by atoms with Crippen LogP contribution in [0.4, 0.5) is 5.69 Å². The molecule has 1 saturated heterocycles. The Hall–Kier alpha value is -5.06. The summed E-state index contributed by atoms with van der Waals surface area (Å²) in [6.45, 7) is -0.637. The number of nitrogens with one attached hydrogen (secondary N) is 2. The van der Waals surface area contributed by atoms with E-state index in [9.17, 15) is 19.2 Å². The summed E-state index contributed by atoms with van der Waals surface area (Å²) in [4.78, 5) is 50.1. The highest BCUT2D eigenvalue weighted by Gasteiger charge is 2.37. The molecule has 0 radical (unpaired) electrons. The summed E-state index contributed by atoms with van der Waals surface area (Å²) < 4.78 is 21.3. The Kier molecular flexibility index (Phi) is 8.62. The van der Waals surface area contributed by atoms with E-state index >= 15 is 0 Å². The van der Waals surface area contributed by atoms with E-state index in [1.165, 1.54) is 14.2 Å². The fourth-order valence-electron chi connectivity index (χ4n) is 3.91. The van der Waals surface area contributed by atoms with Gasteiger partial charge >= 0.3 is 5.97 Å². The standard InChI is InChI=1S/C28H27N3O8/c1-36-22-9-6-10-23(37-2)26(22)27(34)30-31-16-18(15-25(31)33)28(35)38-17-24(32)29-19-11-13-21(14-12-19)39-20-7-4-3-5-8-20/h3-14,18H,15-17H2,1-2H3,(H,29,32)(H,30,34)/t18-/m1/s1. The molecular weight excluding hydrogens is 506 g/mol. The number of rotatable bonds is 10. The molecule has 4 rings (SSSR count). The van der Waals surface area contributed by atoms with E-state index in [0.29, 0.717) is 17.2 Å². The molecule has 0 bridgehead atoms. The Labute approximate surface area is 224 Å². The van der Waals surface area contributed by atoms with Crippen LogP contribution in [0.15, 0.2) is 72.8 Å². The molecule has 1 atom stereocenters. The van der Waals surface area contributed by atoms with Crippen molar-refractivity contribution in [3.05, 3.63) is 78.4 Å². The zero-order valence-corrected chi connectivity index (χ0v) is 21.3. The number of benzene rings is 3. The van der Waals surface area contributed by atoms with Crippen LogP contribution in [-0.4, -0.2) is 56.1 Å². The lowest BCUT2D eigenvalue weighted by atomic mass is 10.1. The number of methoxy groups -OCH3 is 2. The van der Waals surface area contributed by atoms with E-state index in [1.807, 2.05) is 30.3 Å². The number of para-hydroxylation sites is 1. The van der Waals surface area contributed by atoms with Crippen LogP contribution in [-0.2, 0) is 19.1 Å². The summed E-state index contributed by atoms with van der Waals surface area (Å²) in [6, 6.07) is 20.8. The molecule has 0 unspecified atom stereocenters. The van der Waals surface area contributed by atoms with Crippen LogP contribution < -0.4 is 25.0 Å². The minimum atomic E-state index is -0.848. The van der Waals surface area contributed by atoms with Gasteiger partial charge in [-0.25, -0.2) is 0 Å². The molecule has 11 heteroatoms. The van der Waals surface area contributed by atoms with Gasteiger partial charge in [-0.3, -0.25) is 29.6 Å². The van der Waals surface area contributed by atoms with Gasteiger partial charge in [0.25, 0.3) is 11.8 Å². The summed E-state index contributed by atoms with van der Waals surface area (Å²) in [5.41, 5.74) is 3.09. The fourth-order valence-corrected chi connectivity index (χ4v) is 3.91. The lowest BCUT2D eigenvalue weighted by Gasteiger charge is -2.19. The first-order valence-corrected chi connectivity index (χ1v) is 12.0. The molecule has 0 aliphatic carbocycles. The van der Waals surface area contributed by atoms with Crippen molar-refractivity contribution in [2.24, 2.45) is 5.92 Å². The summed E-state index contributed by atoms with van der Waals surface area (Å²) in [5, 5.41) is 3.67. The van der Waals surface area contributed by atoms with Crippen LogP contribution in [0.3, 0.4) is 0 Å². The molecule has 3 aromatic carbocycles. The highest BCUT2D eigenvalue weighted by Crippen LogP contribution is 2.29. The van der Waals surface area contributed by atoms with Crippen molar-refractivity contribution >= 4 is 29.4 Å². The van der Waals surface area contributed by atoms with Gasteiger partial charge in [0.1, 0.15) is 28.6 Å². The SMILES string of the molecule is COc1cccc(OC)c1C(=O)NN1C[C@H](C(=O)OCC(=O)Nc2ccc(Oc3ccccc3)cc2)CC1=O. The molecule has 2 N–H and O–H groups in total. The second-order valence-corrected chi connectivity index (χ2v) is 8.48. The zero-order valence-electron chi connectivity index (χ0n) is 21.3. The van der Waals surface area contributed by atoms with Crippen LogP contribution >= 0.6 is 0 Å². The molecule has 1 aliphatic rings. The number of hydrazine groups is 1. The Balaban J connectivity index is 1.25. The number of hydrogen-bond donors (Lipinski definition) is 2. The monoisotopic (exact) mass is 533 g/mol. The number of anilines is 1. The second-order valence-electron chi connectivity index (χ2n) is 8.48. The van der Waals surface area contributed by atoms with Crippen molar-refractivity contribution in [3.8, 4) is 23.0 Å². The third-order valence-electron chi connectivity index (χ3n) is 5.81. The van der Waals surface area contributed by atoms with Gasteiger partial charge in [0.15, 0.2) is 6.61 Å². The predicted molar refractivity (Wildman–Crippen MR) is 139 cm³/mol. The number of amides is 3. The number of esters is 1. The Bertz CT molecular complexity index is 1320. The first-order chi connectivity index (χ1) is 18.9. The van der Waals surface area contributed by atoms with E-state index in [1.54, 1.807) is 42.5 Å². The molecule has 202 valence electrons. The number of carbonyl (C=O) groups excluding carboxylic acids is 4. The van der Waals surface area contributed by atoms with Crippen molar-refractivity contribution in [3.63, 3.8) is 0 Å². The number of carbonyl (C=O) groups is 4. The van der Waals surface area contributed by atoms with E-state index in [4.69, 9.17) is 18.9 Å². The van der Waals surface area contributed by atoms with Crippen LogP contribution in [0.1, 0.15) is 16.8 Å². The first-order valence-electron chi connectivity index (χ1n) is 12.0. The maximum absolute atomic E-state index is 12.8. The van der Waals surface area contributed by atoms with Gasteiger partial charge in [0.2, 0.25) is 5.91 Å². The van der Waals surface area contributed by atoms with Gasteiger partial charge in [-0.1, -0.05) is 24.3 Å². The summed E-state index contributed by atoms with van der Waals surface area (Å²) in [6.07, 6.45) is -0.174. The van der Waals surface area contributed by atoms with E-state index in [-0.39, 0.29) is 30.0 Å². The Morgan fingerprint density at radius 1 is 0.872 bits per heavy atom. The minimum Gasteiger partial charge on any atom is -0.496 e. The quantitative estimate of drug-likeness (QED) is 0.380. The van der Waals surface area contributed by atoms with Crippen LogP contribution in [0, 0.1) is 5.92 Å². The van der Waals surface area contributed by atoms with Crippen molar-refractivity contribution in [2.45, 2.75) is 6.42 Å². The van der Waals surface area contributed by atoms with Crippen LogP contribution in [0.5, 0.6) is 23.0 Å². The van der Waals surface area contributed by atoms with Gasteiger partial charge < -0.3 is 24.3 Å². The van der Waals surface area contributed by atoms with Gasteiger partial charge in [-0.2, -0.15) is 0 Å². The van der Waals surface area contributed by atoms with Crippen molar-refractivity contribution < 1.29 is 38.1 Å². The largest absolute Gasteiger partial charge is 0.496 e. The summed E-state index contributed by atoms with van der Waals surface area (Å²) in [7, 11) is 2.81. The molecule has 39 heavy (non-hydrogen) atoms. The Morgan fingerprint density at radius 3 is 2.15 bits per heavy atom. The molecule has 0 saturated carbocycles. The highest BCUT2D eigenvalue weighted by molar-refractivity contribution is 6.01. The predicted octanol–water partition coefficient (Wildman–Crippen LogP) is 3.17.